The van der Waals surface area contributed by atoms with Crippen LogP contribution in [0, 0.1) is 5.92 Å². The molecule has 1 aromatic carbocycles. The van der Waals surface area contributed by atoms with Crippen molar-refractivity contribution in [3.05, 3.63) is 29.8 Å². The third kappa shape index (κ3) is 3.27. The lowest BCUT2D eigenvalue weighted by molar-refractivity contribution is -0.145. The minimum atomic E-state index is -0.144. The Kier molecular flexibility index (Phi) is 4.16. The standard InChI is InChI=1S/C12H17NO2/c1-3-10(12(14)15-2)8-9-4-6-11(13)7-5-9/h4-7,10H,3,8,13H2,1-2H3. The fourth-order valence-corrected chi connectivity index (χ4v) is 1.50. The van der Waals surface area contributed by atoms with Crippen molar-refractivity contribution in [1.82, 2.24) is 0 Å². The summed E-state index contributed by atoms with van der Waals surface area (Å²) >= 11 is 0. The lowest BCUT2D eigenvalue weighted by Crippen LogP contribution is -2.17. The van der Waals surface area contributed by atoms with Gasteiger partial charge in [0.15, 0.2) is 0 Å². The van der Waals surface area contributed by atoms with Gasteiger partial charge in [-0.25, -0.2) is 0 Å². The zero-order chi connectivity index (χ0) is 11.3. The zero-order valence-electron chi connectivity index (χ0n) is 9.19. The highest BCUT2D eigenvalue weighted by molar-refractivity contribution is 5.72. The first-order valence-electron chi connectivity index (χ1n) is 5.09. The number of carbonyl (C=O) groups excluding carboxylic acids is 1. The van der Waals surface area contributed by atoms with Crippen molar-refractivity contribution in [3.8, 4) is 0 Å². The molecule has 0 saturated carbocycles. The van der Waals surface area contributed by atoms with Gasteiger partial charge in [0.1, 0.15) is 0 Å². The molecule has 2 N–H and O–H groups in total. The third-order valence-corrected chi connectivity index (χ3v) is 2.49. The van der Waals surface area contributed by atoms with E-state index in [1.54, 1.807) is 0 Å². The van der Waals surface area contributed by atoms with Crippen LogP contribution in [0.1, 0.15) is 18.9 Å². The maximum absolute atomic E-state index is 11.4. The first-order valence-corrected chi connectivity index (χ1v) is 5.09. The SMILES string of the molecule is CCC(Cc1ccc(N)cc1)C(=O)OC. The van der Waals surface area contributed by atoms with Gasteiger partial charge in [-0.2, -0.15) is 0 Å². The van der Waals surface area contributed by atoms with Gasteiger partial charge in [0.05, 0.1) is 13.0 Å². The van der Waals surface area contributed by atoms with Gasteiger partial charge in [0.2, 0.25) is 0 Å². The molecule has 1 atom stereocenters. The normalized spacial score (nSPS) is 12.1. The molecule has 0 aliphatic carbocycles. The molecule has 0 spiro atoms. The largest absolute Gasteiger partial charge is 0.469 e. The van der Waals surface area contributed by atoms with Gasteiger partial charge in [-0.05, 0) is 30.5 Å². The van der Waals surface area contributed by atoms with Crippen LogP contribution in [-0.2, 0) is 16.0 Å². The first kappa shape index (κ1) is 11.6. The summed E-state index contributed by atoms with van der Waals surface area (Å²) in [7, 11) is 1.42. The Bertz CT molecular complexity index is 319. The maximum Gasteiger partial charge on any atom is 0.308 e. The van der Waals surface area contributed by atoms with E-state index in [0.717, 1.165) is 17.7 Å². The van der Waals surface area contributed by atoms with E-state index in [2.05, 4.69) is 0 Å². The number of anilines is 1. The van der Waals surface area contributed by atoms with E-state index < -0.39 is 0 Å². The number of benzene rings is 1. The summed E-state index contributed by atoms with van der Waals surface area (Å²) in [5, 5.41) is 0. The number of methoxy groups -OCH3 is 1. The summed E-state index contributed by atoms with van der Waals surface area (Å²) in [6.45, 7) is 1.99. The summed E-state index contributed by atoms with van der Waals surface area (Å²) in [5.41, 5.74) is 7.44. The molecule has 0 radical (unpaired) electrons. The molecule has 0 aromatic heterocycles. The van der Waals surface area contributed by atoms with E-state index >= 15 is 0 Å². The molecule has 82 valence electrons. The molecule has 1 aromatic rings. The second-order valence-electron chi connectivity index (χ2n) is 3.57. The van der Waals surface area contributed by atoms with Crippen LogP contribution in [-0.4, -0.2) is 13.1 Å². The van der Waals surface area contributed by atoms with Crippen molar-refractivity contribution in [2.75, 3.05) is 12.8 Å². The van der Waals surface area contributed by atoms with Gasteiger partial charge in [0, 0.05) is 5.69 Å². The first-order chi connectivity index (χ1) is 7.17. The van der Waals surface area contributed by atoms with E-state index in [9.17, 15) is 4.79 Å². The number of hydrogen-bond donors (Lipinski definition) is 1. The molecule has 15 heavy (non-hydrogen) atoms. The molecule has 3 nitrogen and oxygen atoms in total. The average molecular weight is 207 g/mol. The number of rotatable bonds is 4. The van der Waals surface area contributed by atoms with Crippen LogP contribution >= 0.6 is 0 Å². The minimum absolute atomic E-state index is 0.0568. The Morgan fingerprint density at radius 3 is 2.47 bits per heavy atom. The molecule has 1 unspecified atom stereocenters. The predicted molar refractivity (Wildman–Crippen MR) is 60.4 cm³/mol. The molecule has 0 aliphatic heterocycles. The molecule has 3 heteroatoms. The Morgan fingerprint density at radius 1 is 1.40 bits per heavy atom. The average Bonchev–Trinajstić information content (AvgIpc) is 2.27. The van der Waals surface area contributed by atoms with E-state index in [4.69, 9.17) is 10.5 Å². The Balaban J connectivity index is 2.66. The Labute approximate surface area is 90.2 Å². The number of nitrogen functional groups attached to an aromatic ring is 1. The quantitative estimate of drug-likeness (QED) is 0.607. The van der Waals surface area contributed by atoms with E-state index in [-0.39, 0.29) is 11.9 Å². The number of ether oxygens (including phenoxy) is 1. The zero-order valence-corrected chi connectivity index (χ0v) is 9.19. The summed E-state index contributed by atoms with van der Waals surface area (Å²) < 4.78 is 4.74. The predicted octanol–water partition coefficient (Wildman–Crippen LogP) is 2.01. The minimum Gasteiger partial charge on any atom is -0.469 e. The van der Waals surface area contributed by atoms with Crippen molar-refractivity contribution >= 4 is 11.7 Å². The second-order valence-corrected chi connectivity index (χ2v) is 3.57. The van der Waals surface area contributed by atoms with E-state index in [1.807, 2.05) is 31.2 Å². The van der Waals surface area contributed by atoms with Crippen LogP contribution in [0.15, 0.2) is 24.3 Å². The maximum atomic E-state index is 11.4. The van der Waals surface area contributed by atoms with Crippen LogP contribution in [0.2, 0.25) is 0 Å². The molecule has 0 aliphatic rings. The van der Waals surface area contributed by atoms with Gasteiger partial charge in [-0.3, -0.25) is 4.79 Å². The number of carbonyl (C=O) groups is 1. The molecular weight excluding hydrogens is 190 g/mol. The smallest absolute Gasteiger partial charge is 0.308 e. The fraction of sp³-hybridized carbons (Fsp3) is 0.417. The lowest BCUT2D eigenvalue weighted by Gasteiger charge is -2.12. The summed E-state index contributed by atoms with van der Waals surface area (Å²) in [6.07, 6.45) is 1.50. The topological polar surface area (TPSA) is 52.3 Å². The van der Waals surface area contributed by atoms with Crippen molar-refractivity contribution in [2.45, 2.75) is 19.8 Å². The summed E-state index contributed by atoms with van der Waals surface area (Å²) in [5.74, 6) is -0.201. The van der Waals surface area contributed by atoms with Crippen molar-refractivity contribution in [2.24, 2.45) is 5.92 Å². The number of esters is 1. The van der Waals surface area contributed by atoms with E-state index in [1.165, 1.54) is 7.11 Å². The number of nitrogens with two attached hydrogens (primary N) is 1. The Morgan fingerprint density at radius 2 is 2.00 bits per heavy atom. The van der Waals surface area contributed by atoms with Crippen LogP contribution in [0.25, 0.3) is 0 Å². The monoisotopic (exact) mass is 207 g/mol. The van der Waals surface area contributed by atoms with E-state index in [0.29, 0.717) is 6.42 Å². The summed E-state index contributed by atoms with van der Waals surface area (Å²) in [4.78, 5) is 11.4. The van der Waals surface area contributed by atoms with Crippen LogP contribution in [0.3, 0.4) is 0 Å². The Hall–Kier alpha value is -1.51. The van der Waals surface area contributed by atoms with Gasteiger partial charge in [-0.1, -0.05) is 19.1 Å². The van der Waals surface area contributed by atoms with Crippen LogP contribution in [0.5, 0.6) is 0 Å². The molecule has 1 rings (SSSR count). The molecule has 0 amide bonds. The third-order valence-electron chi connectivity index (χ3n) is 2.49. The highest BCUT2D eigenvalue weighted by Gasteiger charge is 2.16. The van der Waals surface area contributed by atoms with Crippen molar-refractivity contribution < 1.29 is 9.53 Å². The molecule has 0 saturated heterocycles. The fourth-order valence-electron chi connectivity index (χ4n) is 1.50. The van der Waals surface area contributed by atoms with Crippen molar-refractivity contribution in [3.63, 3.8) is 0 Å². The number of hydrogen-bond acceptors (Lipinski definition) is 3. The van der Waals surface area contributed by atoms with Gasteiger partial charge >= 0.3 is 5.97 Å². The second kappa shape index (κ2) is 5.39. The van der Waals surface area contributed by atoms with Gasteiger partial charge in [-0.15, -0.1) is 0 Å². The molecule has 0 fully saturated rings. The van der Waals surface area contributed by atoms with Gasteiger partial charge in [0.25, 0.3) is 0 Å². The molecule has 0 heterocycles. The molecular formula is C12H17NO2. The van der Waals surface area contributed by atoms with Gasteiger partial charge < -0.3 is 10.5 Å². The van der Waals surface area contributed by atoms with Crippen LogP contribution < -0.4 is 5.73 Å². The molecule has 0 bridgehead atoms. The lowest BCUT2D eigenvalue weighted by atomic mass is 9.97. The summed E-state index contributed by atoms with van der Waals surface area (Å²) in [6, 6.07) is 7.58. The van der Waals surface area contributed by atoms with Crippen molar-refractivity contribution in [1.29, 1.82) is 0 Å². The van der Waals surface area contributed by atoms with Crippen LogP contribution in [0.4, 0.5) is 5.69 Å². The highest BCUT2D eigenvalue weighted by atomic mass is 16.5. The highest BCUT2D eigenvalue weighted by Crippen LogP contribution is 2.15.